The smallest absolute Gasteiger partial charge is 0.410 e. The van der Waals surface area contributed by atoms with Gasteiger partial charge < -0.3 is 20.2 Å². The van der Waals surface area contributed by atoms with Crippen molar-refractivity contribution in [3.8, 4) is 0 Å². The SMILES string of the molecule is C=Nc1nc(C(=N)NC(=O)O)nc(N[C@H](C)C2CCC2)c1N(CC1CCCCC1)CN1CCN(C(=O)C2CC2)C[C@H]1C. The Hall–Kier alpha value is -3.28. The Morgan fingerprint density at radius 3 is 2.45 bits per heavy atom. The molecule has 3 aliphatic carbocycles. The van der Waals surface area contributed by atoms with E-state index in [0.29, 0.717) is 36.0 Å². The van der Waals surface area contributed by atoms with Gasteiger partial charge in [0.2, 0.25) is 5.91 Å². The number of nitrogens with zero attached hydrogens (tertiary/aromatic N) is 6. The first-order valence-corrected chi connectivity index (χ1v) is 15.8. The van der Waals surface area contributed by atoms with E-state index in [9.17, 15) is 14.7 Å². The number of aliphatic imine (C=N–C) groups is 1. The van der Waals surface area contributed by atoms with Gasteiger partial charge in [-0.05, 0) is 70.9 Å². The summed E-state index contributed by atoms with van der Waals surface area (Å²) in [5.74, 6) is 2.04. The minimum atomic E-state index is -1.34. The summed E-state index contributed by atoms with van der Waals surface area (Å²) in [5, 5.41) is 23.2. The second-order valence-electron chi connectivity index (χ2n) is 12.7. The molecule has 0 unspecified atom stereocenters. The number of carbonyl (C=O) groups excluding carboxylic acids is 1. The topological polar surface area (TPSA) is 150 Å². The molecule has 0 spiro atoms. The van der Waals surface area contributed by atoms with Crippen molar-refractivity contribution >= 4 is 41.9 Å². The lowest BCUT2D eigenvalue weighted by Crippen LogP contribution is -2.57. The van der Waals surface area contributed by atoms with Crippen LogP contribution >= 0.6 is 0 Å². The van der Waals surface area contributed by atoms with Gasteiger partial charge in [-0.3, -0.25) is 20.4 Å². The Morgan fingerprint density at radius 2 is 1.86 bits per heavy atom. The predicted molar refractivity (Wildman–Crippen MR) is 164 cm³/mol. The van der Waals surface area contributed by atoms with E-state index in [2.05, 4.69) is 51.0 Å². The molecule has 4 aliphatic rings. The molecule has 1 aliphatic heterocycles. The van der Waals surface area contributed by atoms with Crippen molar-refractivity contribution < 1.29 is 14.7 Å². The van der Waals surface area contributed by atoms with Crippen LogP contribution in [-0.4, -0.2) is 94.4 Å². The maximum absolute atomic E-state index is 12.8. The van der Waals surface area contributed by atoms with E-state index in [4.69, 9.17) is 10.4 Å². The van der Waals surface area contributed by atoms with Crippen LogP contribution in [-0.2, 0) is 4.79 Å². The molecule has 1 aromatic heterocycles. The van der Waals surface area contributed by atoms with Gasteiger partial charge in [0, 0.05) is 44.2 Å². The lowest BCUT2D eigenvalue weighted by atomic mass is 9.80. The van der Waals surface area contributed by atoms with Gasteiger partial charge in [-0.25, -0.2) is 19.8 Å². The van der Waals surface area contributed by atoms with Crippen LogP contribution in [0.5, 0.6) is 0 Å². The van der Waals surface area contributed by atoms with Crippen LogP contribution in [0.2, 0.25) is 0 Å². The third kappa shape index (κ3) is 7.19. The van der Waals surface area contributed by atoms with E-state index in [1.54, 1.807) is 0 Å². The molecule has 1 aromatic rings. The minimum Gasteiger partial charge on any atom is -0.465 e. The Bertz CT molecular complexity index is 1160. The first-order valence-electron chi connectivity index (χ1n) is 15.8. The van der Waals surface area contributed by atoms with E-state index in [1.165, 1.54) is 38.5 Å². The van der Waals surface area contributed by atoms with Crippen LogP contribution in [0, 0.1) is 23.2 Å². The number of amides is 2. The number of carboxylic acid groups (broad SMARTS) is 1. The summed E-state index contributed by atoms with van der Waals surface area (Å²) in [6.45, 7) is 11.8. The Labute approximate surface area is 248 Å². The highest BCUT2D eigenvalue weighted by Crippen LogP contribution is 2.39. The van der Waals surface area contributed by atoms with E-state index in [-0.39, 0.29) is 23.8 Å². The number of rotatable bonds is 11. The van der Waals surface area contributed by atoms with Crippen molar-refractivity contribution in [3.05, 3.63) is 5.82 Å². The molecule has 230 valence electrons. The van der Waals surface area contributed by atoms with Crippen LogP contribution < -0.4 is 15.5 Å². The van der Waals surface area contributed by atoms with Crippen molar-refractivity contribution in [2.45, 2.75) is 90.1 Å². The molecule has 1 saturated heterocycles. The second-order valence-corrected chi connectivity index (χ2v) is 12.7. The van der Waals surface area contributed by atoms with Crippen molar-refractivity contribution in [3.63, 3.8) is 0 Å². The minimum absolute atomic E-state index is 0.0370. The van der Waals surface area contributed by atoms with Crippen LogP contribution in [0.25, 0.3) is 0 Å². The summed E-state index contributed by atoms with van der Waals surface area (Å²) in [5.41, 5.74) is 0.748. The van der Waals surface area contributed by atoms with E-state index >= 15 is 0 Å². The fraction of sp³-hybridized carbons (Fsp3) is 0.733. The Balaban J connectivity index is 1.47. The number of carbonyl (C=O) groups is 2. The quantitative estimate of drug-likeness (QED) is 0.223. The zero-order valence-corrected chi connectivity index (χ0v) is 25.1. The van der Waals surface area contributed by atoms with Crippen LogP contribution in [0.1, 0.15) is 83.9 Å². The lowest BCUT2D eigenvalue weighted by Gasteiger charge is -2.44. The highest BCUT2D eigenvalue weighted by Gasteiger charge is 2.37. The zero-order valence-electron chi connectivity index (χ0n) is 25.1. The van der Waals surface area contributed by atoms with Crippen LogP contribution in [0.4, 0.5) is 22.1 Å². The first kappa shape index (κ1) is 30.2. The fourth-order valence-corrected chi connectivity index (χ4v) is 6.61. The highest BCUT2D eigenvalue weighted by atomic mass is 16.4. The van der Waals surface area contributed by atoms with Gasteiger partial charge in [0.25, 0.3) is 0 Å². The molecule has 4 N–H and O–H groups in total. The molecule has 0 radical (unpaired) electrons. The van der Waals surface area contributed by atoms with Gasteiger partial charge in [-0.2, -0.15) is 0 Å². The Kier molecular flexibility index (Phi) is 9.60. The van der Waals surface area contributed by atoms with Crippen LogP contribution in [0.15, 0.2) is 4.99 Å². The van der Waals surface area contributed by atoms with Gasteiger partial charge >= 0.3 is 6.09 Å². The number of hydrogen-bond donors (Lipinski definition) is 4. The van der Waals surface area contributed by atoms with Crippen molar-refractivity contribution in [2.75, 3.05) is 43.1 Å². The molecule has 0 bridgehead atoms. The highest BCUT2D eigenvalue weighted by molar-refractivity contribution is 6.02. The van der Waals surface area contributed by atoms with Gasteiger partial charge in [0.05, 0.1) is 6.67 Å². The van der Waals surface area contributed by atoms with Crippen molar-refractivity contribution in [2.24, 2.45) is 22.7 Å². The second kappa shape index (κ2) is 13.4. The molecule has 4 fully saturated rings. The molecule has 0 aromatic carbocycles. The maximum atomic E-state index is 12.8. The molecular formula is C30H47N9O3. The summed E-state index contributed by atoms with van der Waals surface area (Å²) in [7, 11) is 0. The van der Waals surface area contributed by atoms with Crippen molar-refractivity contribution in [1.82, 2.24) is 25.1 Å². The third-order valence-corrected chi connectivity index (χ3v) is 9.57. The monoisotopic (exact) mass is 581 g/mol. The summed E-state index contributed by atoms with van der Waals surface area (Å²) in [6.07, 6.45) is 10.3. The number of hydrogen-bond acceptors (Lipinski definition) is 9. The third-order valence-electron chi connectivity index (χ3n) is 9.57. The lowest BCUT2D eigenvalue weighted by molar-refractivity contribution is -0.135. The average Bonchev–Trinajstić information content (AvgIpc) is 3.78. The summed E-state index contributed by atoms with van der Waals surface area (Å²) in [6, 6.07) is 0.334. The normalized spacial score (nSPS) is 22.6. The van der Waals surface area contributed by atoms with E-state index in [0.717, 1.165) is 57.5 Å². The van der Waals surface area contributed by atoms with Gasteiger partial charge in [-0.15, -0.1) is 0 Å². The van der Waals surface area contributed by atoms with Gasteiger partial charge in [0.1, 0.15) is 5.69 Å². The molecule has 2 amide bonds. The zero-order chi connectivity index (χ0) is 29.8. The van der Waals surface area contributed by atoms with E-state index < -0.39 is 11.9 Å². The molecule has 42 heavy (non-hydrogen) atoms. The molecule has 2 atom stereocenters. The van der Waals surface area contributed by atoms with E-state index in [1.807, 2.05) is 4.90 Å². The number of anilines is 2. The number of aromatic nitrogens is 2. The number of piperazine rings is 1. The van der Waals surface area contributed by atoms with Gasteiger partial charge in [0.15, 0.2) is 23.3 Å². The molecule has 12 heteroatoms. The average molecular weight is 582 g/mol. The predicted octanol–water partition coefficient (Wildman–Crippen LogP) is 4.29. The summed E-state index contributed by atoms with van der Waals surface area (Å²) in [4.78, 5) is 44.4. The molecule has 3 saturated carbocycles. The molecule has 12 nitrogen and oxygen atoms in total. The summed E-state index contributed by atoms with van der Waals surface area (Å²) >= 11 is 0. The van der Waals surface area contributed by atoms with Crippen LogP contribution in [0.3, 0.4) is 0 Å². The molecular weight excluding hydrogens is 534 g/mol. The molecule has 2 heterocycles. The number of nitrogens with one attached hydrogen (secondary N) is 3. The Morgan fingerprint density at radius 1 is 1.12 bits per heavy atom. The molecule has 5 rings (SSSR count). The fourth-order valence-electron chi connectivity index (χ4n) is 6.61. The standard InChI is InChI=1S/C30H47N9O3/c1-19-16-37(29(40)23-12-13-23)14-15-38(19)18-39(17-21-8-5-4-6-9-21)24-26(32-3)35-28(25(31)34-30(41)42)36-27(24)33-20(2)22-10-7-11-22/h19-23H,3-18H2,1-2H3,(H2,31,34)(H,41,42)(H,33,35,36)/t19-,20-/m1/s1. The van der Waals surface area contributed by atoms with Gasteiger partial charge in [-0.1, -0.05) is 25.7 Å². The number of amidine groups is 1. The maximum Gasteiger partial charge on any atom is 0.410 e. The van der Waals surface area contributed by atoms with Crippen molar-refractivity contribution in [1.29, 1.82) is 5.41 Å². The summed E-state index contributed by atoms with van der Waals surface area (Å²) < 4.78 is 0. The first-order chi connectivity index (χ1) is 20.2. The largest absolute Gasteiger partial charge is 0.465 e.